The topological polar surface area (TPSA) is 96.0 Å². The third kappa shape index (κ3) is 2.90. The van der Waals surface area contributed by atoms with Gasteiger partial charge in [-0.25, -0.2) is 8.42 Å². The van der Waals surface area contributed by atoms with E-state index in [9.17, 15) is 8.42 Å². The molecule has 0 spiro atoms. The number of hydrogen-bond donors (Lipinski definition) is 2. The summed E-state index contributed by atoms with van der Waals surface area (Å²) in [5.41, 5.74) is 7.75. The largest absolute Gasteiger partial charge is 0.397 e. The Labute approximate surface area is 117 Å². The maximum atomic E-state index is 12.2. The first kappa shape index (κ1) is 13.9. The minimum absolute atomic E-state index is 0.0809. The molecule has 0 fully saturated rings. The van der Waals surface area contributed by atoms with Gasteiger partial charge in [0.2, 0.25) is 0 Å². The molecule has 102 valence electrons. The van der Waals surface area contributed by atoms with Crippen LogP contribution in [0.3, 0.4) is 0 Å². The Bertz CT molecular complexity index is 775. The van der Waals surface area contributed by atoms with Crippen molar-refractivity contribution in [1.29, 1.82) is 5.26 Å². The molecule has 0 heterocycles. The number of rotatable bonds is 3. The molecular formula is C14H13N3O2S. The summed E-state index contributed by atoms with van der Waals surface area (Å²) in [7, 11) is -3.72. The first-order valence-electron chi connectivity index (χ1n) is 5.81. The van der Waals surface area contributed by atoms with E-state index in [4.69, 9.17) is 11.0 Å². The SMILES string of the molecule is Cc1ccc(N)c(NS(=O)(=O)c2ccc(C#N)cc2)c1. The van der Waals surface area contributed by atoms with Crippen LogP contribution in [0.2, 0.25) is 0 Å². The molecule has 20 heavy (non-hydrogen) atoms. The summed E-state index contributed by atoms with van der Waals surface area (Å²) < 4.78 is 26.9. The molecule has 3 N–H and O–H groups in total. The Morgan fingerprint density at radius 1 is 1.15 bits per heavy atom. The number of nitrogen functional groups attached to an aromatic ring is 1. The van der Waals surface area contributed by atoms with Gasteiger partial charge >= 0.3 is 0 Å². The lowest BCUT2D eigenvalue weighted by molar-refractivity contribution is 0.601. The lowest BCUT2D eigenvalue weighted by Crippen LogP contribution is -2.14. The standard InChI is InChI=1S/C14H13N3O2S/c1-10-2-7-13(16)14(8-10)17-20(18,19)12-5-3-11(9-15)4-6-12/h2-8,17H,16H2,1H3. The van der Waals surface area contributed by atoms with Gasteiger partial charge in [-0.15, -0.1) is 0 Å². The summed E-state index contributed by atoms with van der Waals surface area (Å²) in [5, 5.41) is 8.70. The van der Waals surface area contributed by atoms with Crippen LogP contribution in [0.5, 0.6) is 0 Å². The summed E-state index contributed by atoms with van der Waals surface area (Å²) in [6.45, 7) is 1.85. The maximum Gasteiger partial charge on any atom is 0.261 e. The van der Waals surface area contributed by atoms with E-state index in [0.717, 1.165) is 5.56 Å². The van der Waals surface area contributed by atoms with Crippen LogP contribution in [-0.2, 0) is 10.0 Å². The minimum Gasteiger partial charge on any atom is -0.397 e. The van der Waals surface area contributed by atoms with Crippen LogP contribution >= 0.6 is 0 Å². The second kappa shape index (κ2) is 5.23. The molecule has 0 amide bonds. The molecule has 2 aromatic carbocycles. The zero-order valence-electron chi connectivity index (χ0n) is 10.8. The average Bonchev–Trinajstić information content (AvgIpc) is 2.43. The van der Waals surface area contributed by atoms with E-state index in [2.05, 4.69) is 4.72 Å². The van der Waals surface area contributed by atoms with Crippen molar-refractivity contribution < 1.29 is 8.42 Å². The summed E-state index contributed by atoms with van der Waals surface area (Å²) in [6.07, 6.45) is 0. The highest BCUT2D eigenvalue weighted by molar-refractivity contribution is 7.92. The van der Waals surface area contributed by atoms with Crippen molar-refractivity contribution in [3.8, 4) is 6.07 Å². The van der Waals surface area contributed by atoms with Crippen LogP contribution < -0.4 is 10.5 Å². The molecule has 0 bridgehead atoms. The molecule has 0 aliphatic rings. The zero-order chi connectivity index (χ0) is 14.8. The molecule has 2 aromatic rings. The Hall–Kier alpha value is -2.52. The van der Waals surface area contributed by atoms with Crippen molar-refractivity contribution in [2.75, 3.05) is 10.5 Å². The lowest BCUT2D eigenvalue weighted by atomic mass is 10.2. The van der Waals surface area contributed by atoms with Crippen molar-refractivity contribution in [2.45, 2.75) is 11.8 Å². The first-order chi connectivity index (χ1) is 9.42. The maximum absolute atomic E-state index is 12.2. The van der Waals surface area contributed by atoms with Crippen molar-refractivity contribution >= 4 is 21.4 Å². The van der Waals surface area contributed by atoms with Gasteiger partial charge in [0.05, 0.1) is 27.9 Å². The summed E-state index contributed by atoms with van der Waals surface area (Å²) in [6, 6.07) is 12.7. The second-order valence-electron chi connectivity index (χ2n) is 4.33. The predicted octanol–water partition coefficient (Wildman–Crippen LogP) is 2.25. The third-order valence-electron chi connectivity index (χ3n) is 2.75. The molecule has 2 rings (SSSR count). The number of anilines is 2. The van der Waals surface area contributed by atoms with Gasteiger partial charge in [-0.05, 0) is 48.9 Å². The van der Waals surface area contributed by atoms with Gasteiger partial charge in [0, 0.05) is 0 Å². The number of sulfonamides is 1. The molecular weight excluding hydrogens is 274 g/mol. The molecule has 0 saturated carbocycles. The van der Waals surface area contributed by atoms with Crippen LogP contribution in [0.1, 0.15) is 11.1 Å². The quantitative estimate of drug-likeness (QED) is 0.846. The van der Waals surface area contributed by atoms with E-state index in [0.29, 0.717) is 16.9 Å². The van der Waals surface area contributed by atoms with Gasteiger partial charge < -0.3 is 5.73 Å². The highest BCUT2D eigenvalue weighted by Gasteiger charge is 2.15. The Morgan fingerprint density at radius 2 is 1.80 bits per heavy atom. The fourth-order valence-corrected chi connectivity index (χ4v) is 2.75. The average molecular weight is 287 g/mol. The van der Waals surface area contributed by atoms with Gasteiger partial charge in [-0.1, -0.05) is 6.07 Å². The lowest BCUT2D eigenvalue weighted by Gasteiger charge is -2.11. The van der Waals surface area contributed by atoms with Crippen LogP contribution in [-0.4, -0.2) is 8.42 Å². The number of nitrogens with one attached hydrogen (secondary N) is 1. The highest BCUT2D eigenvalue weighted by Crippen LogP contribution is 2.23. The van der Waals surface area contributed by atoms with Gasteiger partial charge in [0.25, 0.3) is 10.0 Å². The van der Waals surface area contributed by atoms with Crippen LogP contribution in [0.15, 0.2) is 47.4 Å². The Kier molecular flexibility index (Phi) is 3.63. The van der Waals surface area contributed by atoms with E-state index in [1.54, 1.807) is 18.2 Å². The molecule has 0 aliphatic carbocycles. The zero-order valence-corrected chi connectivity index (χ0v) is 11.6. The van der Waals surface area contributed by atoms with E-state index >= 15 is 0 Å². The van der Waals surface area contributed by atoms with E-state index in [1.807, 2.05) is 13.0 Å². The van der Waals surface area contributed by atoms with Crippen molar-refractivity contribution in [3.05, 3.63) is 53.6 Å². The molecule has 6 heteroatoms. The van der Waals surface area contributed by atoms with E-state index in [-0.39, 0.29) is 4.90 Å². The molecule has 0 unspecified atom stereocenters. The number of nitrogens with two attached hydrogens (primary N) is 1. The molecule has 0 aromatic heterocycles. The minimum atomic E-state index is -3.72. The van der Waals surface area contributed by atoms with Crippen LogP contribution in [0.25, 0.3) is 0 Å². The summed E-state index contributed by atoms with van der Waals surface area (Å²) in [4.78, 5) is 0.0809. The predicted molar refractivity (Wildman–Crippen MR) is 77.6 cm³/mol. The fourth-order valence-electron chi connectivity index (χ4n) is 1.67. The van der Waals surface area contributed by atoms with Crippen molar-refractivity contribution in [2.24, 2.45) is 0 Å². The van der Waals surface area contributed by atoms with Gasteiger partial charge in [0.1, 0.15) is 0 Å². The first-order valence-corrected chi connectivity index (χ1v) is 7.30. The summed E-state index contributed by atoms with van der Waals surface area (Å²) in [5.74, 6) is 0. The normalized spacial score (nSPS) is 10.8. The Morgan fingerprint density at radius 3 is 2.40 bits per heavy atom. The number of nitriles is 1. The fraction of sp³-hybridized carbons (Fsp3) is 0.0714. The van der Waals surface area contributed by atoms with Gasteiger partial charge in [-0.3, -0.25) is 4.72 Å². The third-order valence-corrected chi connectivity index (χ3v) is 4.13. The van der Waals surface area contributed by atoms with Gasteiger partial charge in [-0.2, -0.15) is 5.26 Å². The Balaban J connectivity index is 2.35. The second-order valence-corrected chi connectivity index (χ2v) is 6.01. The van der Waals surface area contributed by atoms with Crippen molar-refractivity contribution in [3.63, 3.8) is 0 Å². The highest BCUT2D eigenvalue weighted by atomic mass is 32.2. The number of benzene rings is 2. The van der Waals surface area contributed by atoms with Crippen LogP contribution in [0.4, 0.5) is 11.4 Å². The number of aryl methyl sites for hydroxylation is 1. The van der Waals surface area contributed by atoms with Crippen LogP contribution in [0, 0.1) is 18.3 Å². The van der Waals surface area contributed by atoms with Crippen molar-refractivity contribution in [1.82, 2.24) is 0 Å². The molecule has 0 saturated heterocycles. The van der Waals surface area contributed by atoms with E-state index in [1.165, 1.54) is 24.3 Å². The molecule has 0 atom stereocenters. The molecule has 0 aliphatic heterocycles. The number of nitrogens with zero attached hydrogens (tertiary/aromatic N) is 1. The number of hydrogen-bond acceptors (Lipinski definition) is 4. The molecule has 5 nitrogen and oxygen atoms in total. The van der Waals surface area contributed by atoms with E-state index < -0.39 is 10.0 Å². The van der Waals surface area contributed by atoms with Gasteiger partial charge in [0.15, 0.2) is 0 Å². The monoisotopic (exact) mass is 287 g/mol. The smallest absolute Gasteiger partial charge is 0.261 e. The molecule has 0 radical (unpaired) electrons. The summed E-state index contributed by atoms with van der Waals surface area (Å²) >= 11 is 0.